The lowest BCUT2D eigenvalue weighted by Crippen LogP contribution is -2.13. The van der Waals surface area contributed by atoms with Crippen molar-refractivity contribution >= 4 is 0 Å². The van der Waals surface area contributed by atoms with Crippen LogP contribution in [-0.2, 0) is 12.8 Å². The fourth-order valence-corrected chi connectivity index (χ4v) is 2.90. The first kappa shape index (κ1) is 14.8. The van der Waals surface area contributed by atoms with Gasteiger partial charge >= 0.3 is 0 Å². The topological polar surface area (TPSA) is 26.0 Å². The number of hydrogen-bond acceptors (Lipinski definition) is 1. The molecule has 0 saturated heterocycles. The molecule has 0 spiro atoms. The molecule has 0 aromatic heterocycles. The number of rotatable bonds is 4. The van der Waals surface area contributed by atoms with Crippen molar-refractivity contribution in [2.75, 3.05) is 0 Å². The Morgan fingerprint density at radius 1 is 0.800 bits per heavy atom. The summed E-state index contributed by atoms with van der Waals surface area (Å²) in [5.74, 6) is 0. The second-order valence-corrected chi connectivity index (χ2v) is 5.63. The number of hydrogen-bond donors (Lipinski definition) is 1. The molecular weight excluding hydrogens is 242 g/mol. The van der Waals surface area contributed by atoms with E-state index in [1.165, 1.54) is 33.4 Å². The lowest BCUT2D eigenvalue weighted by atomic mass is 9.92. The lowest BCUT2D eigenvalue weighted by molar-refractivity contribution is 0.860. The van der Waals surface area contributed by atoms with Gasteiger partial charge in [-0.15, -0.1) is 0 Å². The summed E-state index contributed by atoms with van der Waals surface area (Å²) >= 11 is 0. The number of benzene rings is 2. The molecule has 0 aliphatic carbocycles. The first-order valence-corrected chi connectivity index (χ1v) is 7.50. The maximum absolute atomic E-state index is 6.47. The summed E-state index contributed by atoms with van der Waals surface area (Å²) in [7, 11) is 0. The summed E-state index contributed by atoms with van der Waals surface area (Å²) in [6.45, 7) is 8.67. The molecule has 0 saturated carbocycles. The Labute approximate surface area is 122 Å². The van der Waals surface area contributed by atoms with Crippen LogP contribution in [0.5, 0.6) is 0 Å². The molecule has 0 aliphatic heterocycles. The van der Waals surface area contributed by atoms with Gasteiger partial charge < -0.3 is 5.73 Å². The normalized spacial score (nSPS) is 12.4. The zero-order chi connectivity index (χ0) is 14.7. The molecule has 0 amide bonds. The Bertz CT molecular complexity index is 578. The molecular formula is C19H25N. The van der Waals surface area contributed by atoms with E-state index in [2.05, 4.69) is 64.1 Å². The molecule has 1 heteroatoms. The van der Waals surface area contributed by atoms with Crippen LogP contribution in [0.4, 0.5) is 0 Å². The smallest absolute Gasteiger partial charge is 0.0551 e. The van der Waals surface area contributed by atoms with E-state index in [-0.39, 0.29) is 6.04 Å². The summed E-state index contributed by atoms with van der Waals surface area (Å²) in [5, 5.41) is 0. The van der Waals surface area contributed by atoms with E-state index >= 15 is 0 Å². The fraction of sp³-hybridized carbons (Fsp3) is 0.368. The highest BCUT2D eigenvalue weighted by Crippen LogP contribution is 2.24. The average Bonchev–Trinajstić information content (AvgIpc) is 2.44. The van der Waals surface area contributed by atoms with Crippen LogP contribution in [0, 0.1) is 13.8 Å². The standard InChI is InChI=1S/C19H25N/c1-5-15-7-8-17(12-16(15)6-2)19(20)18-10-13(3)9-14(4)11-18/h7-12,19H,5-6,20H2,1-4H3. The minimum Gasteiger partial charge on any atom is -0.320 e. The molecule has 0 aliphatic rings. The molecule has 1 nitrogen and oxygen atoms in total. The maximum atomic E-state index is 6.47. The predicted octanol–water partition coefficient (Wildman–Crippen LogP) is 4.48. The molecule has 0 radical (unpaired) electrons. The third-order valence-corrected chi connectivity index (χ3v) is 3.95. The van der Waals surface area contributed by atoms with E-state index in [1.54, 1.807) is 0 Å². The van der Waals surface area contributed by atoms with Gasteiger partial charge in [0.05, 0.1) is 6.04 Å². The molecule has 0 bridgehead atoms. The molecule has 106 valence electrons. The van der Waals surface area contributed by atoms with Crippen molar-refractivity contribution in [3.8, 4) is 0 Å². The van der Waals surface area contributed by atoms with Crippen LogP contribution in [-0.4, -0.2) is 0 Å². The van der Waals surface area contributed by atoms with Gasteiger partial charge in [0.1, 0.15) is 0 Å². The Kier molecular flexibility index (Phi) is 4.61. The van der Waals surface area contributed by atoms with Crippen molar-refractivity contribution < 1.29 is 0 Å². The van der Waals surface area contributed by atoms with Gasteiger partial charge in [0.2, 0.25) is 0 Å². The van der Waals surface area contributed by atoms with Gasteiger partial charge in [-0.05, 0) is 48.9 Å². The first-order chi connectivity index (χ1) is 9.55. The molecule has 20 heavy (non-hydrogen) atoms. The summed E-state index contributed by atoms with van der Waals surface area (Å²) in [4.78, 5) is 0. The summed E-state index contributed by atoms with van der Waals surface area (Å²) < 4.78 is 0. The van der Waals surface area contributed by atoms with Crippen molar-refractivity contribution in [2.45, 2.75) is 46.6 Å². The van der Waals surface area contributed by atoms with Crippen LogP contribution in [0.3, 0.4) is 0 Å². The van der Waals surface area contributed by atoms with Gasteiger partial charge in [0.15, 0.2) is 0 Å². The SMILES string of the molecule is CCc1ccc(C(N)c2cc(C)cc(C)c2)cc1CC. The second-order valence-electron chi connectivity index (χ2n) is 5.63. The van der Waals surface area contributed by atoms with Crippen LogP contribution in [0.15, 0.2) is 36.4 Å². The third-order valence-electron chi connectivity index (χ3n) is 3.95. The minimum atomic E-state index is -0.0372. The van der Waals surface area contributed by atoms with Crippen LogP contribution >= 0.6 is 0 Å². The highest BCUT2D eigenvalue weighted by molar-refractivity contribution is 5.40. The Balaban J connectivity index is 2.39. The summed E-state index contributed by atoms with van der Waals surface area (Å²) in [6, 6.07) is 13.2. The highest BCUT2D eigenvalue weighted by atomic mass is 14.6. The molecule has 2 N–H and O–H groups in total. The van der Waals surface area contributed by atoms with Crippen LogP contribution in [0.2, 0.25) is 0 Å². The molecule has 0 heterocycles. The molecule has 0 fully saturated rings. The Morgan fingerprint density at radius 3 is 1.95 bits per heavy atom. The van der Waals surface area contributed by atoms with E-state index in [9.17, 15) is 0 Å². The van der Waals surface area contributed by atoms with E-state index in [0.29, 0.717) is 0 Å². The fourth-order valence-electron chi connectivity index (χ4n) is 2.90. The van der Waals surface area contributed by atoms with Gasteiger partial charge in [0.25, 0.3) is 0 Å². The minimum absolute atomic E-state index is 0.0372. The average molecular weight is 267 g/mol. The highest BCUT2D eigenvalue weighted by Gasteiger charge is 2.11. The number of aryl methyl sites for hydroxylation is 4. The molecule has 1 atom stereocenters. The quantitative estimate of drug-likeness (QED) is 0.868. The van der Waals surface area contributed by atoms with E-state index in [1.807, 2.05) is 0 Å². The van der Waals surface area contributed by atoms with Gasteiger partial charge in [-0.1, -0.05) is 61.4 Å². The van der Waals surface area contributed by atoms with Crippen LogP contribution in [0.25, 0.3) is 0 Å². The van der Waals surface area contributed by atoms with Crippen LogP contribution < -0.4 is 5.73 Å². The number of nitrogens with two attached hydrogens (primary N) is 1. The van der Waals surface area contributed by atoms with Gasteiger partial charge in [0, 0.05) is 0 Å². The molecule has 1 unspecified atom stereocenters. The zero-order valence-corrected chi connectivity index (χ0v) is 13.0. The van der Waals surface area contributed by atoms with Crippen molar-refractivity contribution in [3.63, 3.8) is 0 Å². The largest absolute Gasteiger partial charge is 0.320 e. The van der Waals surface area contributed by atoms with Crippen molar-refractivity contribution in [3.05, 3.63) is 69.8 Å². The Morgan fingerprint density at radius 2 is 1.40 bits per heavy atom. The van der Waals surface area contributed by atoms with Crippen molar-refractivity contribution in [1.29, 1.82) is 0 Å². The first-order valence-electron chi connectivity index (χ1n) is 7.50. The Hall–Kier alpha value is -1.60. The van der Waals surface area contributed by atoms with E-state index in [0.717, 1.165) is 12.8 Å². The van der Waals surface area contributed by atoms with Gasteiger partial charge in [-0.25, -0.2) is 0 Å². The summed E-state index contributed by atoms with van der Waals surface area (Å²) in [5.41, 5.74) is 14.3. The summed E-state index contributed by atoms with van der Waals surface area (Å²) in [6.07, 6.45) is 2.15. The molecule has 2 rings (SSSR count). The van der Waals surface area contributed by atoms with Gasteiger partial charge in [-0.2, -0.15) is 0 Å². The van der Waals surface area contributed by atoms with Crippen molar-refractivity contribution in [1.82, 2.24) is 0 Å². The predicted molar refractivity (Wildman–Crippen MR) is 87.1 cm³/mol. The van der Waals surface area contributed by atoms with Crippen molar-refractivity contribution in [2.24, 2.45) is 5.73 Å². The monoisotopic (exact) mass is 267 g/mol. The van der Waals surface area contributed by atoms with E-state index in [4.69, 9.17) is 5.73 Å². The van der Waals surface area contributed by atoms with Gasteiger partial charge in [-0.3, -0.25) is 0 Å². The van der Waals surface area contributed by atoms with Crippen LogP contribution in [0.1, 0.15) is 53.3 Å². The molecule has 2 aromatic rings. The molecule has 2 aromatic carbocycles. The van der Waals surface area contributed by atoms with E-state index < -0.39 is 0 Å². The third kappa shape index (κ3) is 3.10. The zero-order valence-electron chi connectivity index (χ0n) is 13.0. The maximum Gasteiger partial charge on any atom is 0.0551 e. The lowest BCUT2D eigenvalue weighted by Gasteiger charge is -2.17. The second kappa shape index (κ2) is 6.23.